The van der Waals surface area contributed by atoms with Gasteiger partial charge in [-0.25, -0.2) is 0 Å². The van der Waals surface area contributed by atoms with Gasteiger partial charge in [0.15, 0.2) is 0 Å². The molecule has 2 heterocycles. The molecule has 0 spiro atoms. The summed E-state index contributed by atoms with van der Waals surface area (Å²) in [6, 6.07) is 0.785. The highest BCUT2D eigenvalue weighted by Crippen LogP contribution is 2.24. The van der Waals surface area contributed by atoms with E-state index in [-0.39, 0.29) is 0 Å². The average Bonchev–Trinajstić information content (AvgIpc) is 2.73. The highest BCUT2D eigenvalue weighted by atomic mass is 16.4. The zero-order chi connectivity index (χ0) is 14.6. The van der Waals surface area contributed by atoms with Crippen LogP contribution in [0.5, 0.6) is 0 Å². The Kier molecular flexibility index (Phi) is 5.44. The van der Waals surface area contributed by atoms with Gasteiger partial charge < -0.3 is 10.0 Å². The van der Waals surface area contributed by atoms with Crippen molar-refractivity contribution < 1.29 is 9.90 Å². The molecule has 0 aromatic rings. The minimum absolute atomic E-state index is 0.568. The minimum atomic E-state index is -0.672. The lowest BCUT2D eigenvalue weighted by Gasteiger charge is -2.26. The van der Waals surface area contributed by atoms with Crippen LogP contribution >= 0.6 is 0 Å². The van der Waals surface area contributed by atoms with Crippen LogP contribution < -0.4 is 0 Å². The van der Waals surface area contributed by atoms with Gasteiger partial charge in [0.2, 0.25) is 0 Å². The van der Waals surface area contributed by atoms with Crippen LogP contribution in [0.4, 0.5) is 0 Å². The third kappa shape index (κ3) is 4.19. The first kappa shape index (κ1) is 15.8. The van der Waals surface area contributed by atoms with E-state index in [0.717, 1.165) is 31.8 Å². The molecule has 116 valence electrons. The molecule has 0 radical (unpaired) electrons. The molecule has 1 unspecified atom stereocenters. The van der Waals surface area contributed by atoms with Crippen molar-refractivity contribution in [2.24, 2.45) is 5.41 Å². The van der Waals surface area contributed by atoms with Crippen LogP contribution in [0.1, 0.15) is 52.4 Å². The van der Waals surface area contributed by atoms with Crippen LogP contribution in [0.3, 0.4) is 0 Å². The molecule has 0 aromatic heterocycles. The van der Waals surface area contributed by atoms with Crippen LogP contribution in [0.15, 0.2) is 0 Å². The molecule has 1 atom stereocenters. The summed E-state index contributed by atoms with van der Waals surface area (Å²) in [5.74, 6) is -0.672. The summed E-state index contributed by atoms with van der Waals surface area (Å²) in [5, 5.41) is 9.11. The molecule has 2 aliphatic rings. The summed E-state index contributed by atoms with van der Waals surface area (Å²) in [5.41, 5.74) is -0.568. The molecule has 2 aliphatic heterocycles. The summed E-state index contributed by atoms with van der Waals surface area (Å²) in [4.78, 5) is 16.3. The van der Waals surface area contributed by atoms with Gasteiger partial charge in [-0.3, -0.25) is 9.69 Å². The van der Waals surface area contributed by atoms with E-state index in [1.807, 2.05) is 13.8 Å². The van der Waals surface area contributed by atoms with Crippen molar-refractivity contribution in [3.05, 3.63) is 0 Å². The van der Waals surface area contributed by atoms with Crippen LogP contribution in [-0.4, -0.2) is 59.6 Å². The maximum Gasteiger partial charge on any atom is 0.309 e. The molecular weight excluding hydrogens is 252 g/mol. The fourth-order valence-electron chi connectivity index (χ4n) is 3.50. The summed E-state index contributed by atoms with van der Waals surface area (Å²) in [7, 11) is 0. The topological polar surface area (TPSA) is 43.8 Å². The van der Waals surface area contributed by atoms with E-state index >= 15 is 0 Å². The molecule has 0 bridgehead atoms. The first-order chi connectivity index (χ1) is 9.49. The fourth-order valence-corrected chi connectivity index (χ4v) is 3.50. The van der Waals surface area contributed by atoms with Crippen LogP contribution in [0, 0.1) is 5.41 Å². The summed E-state index contributed by atoms with van der Waals surface area (Å²) >= 11 is 0. The fraction of sp³-hybridized carbons (Fsp3) is 0.938. The third-order valence-electron chi connectivity index (χ3n) is 4.99. The van der Waals surface area contributed by atoms with Crippen molar-refractivity contribution in [3.8, 4) is 0 Å². The Morgan fingerprint density at radius 1 is 1.20 bits per heavy atom. The molecular formula is C16H30N2O2. The Balaban J connectivity index is 1.67. The van der Waals surface area contributed by atoms with Crippen molar-refractivity contribution in [2.45, 2.75) is 58.4 Å². The van der Waals surface area contributed by atoms with Crippen molar-refractivity contribution in [2.75, 3.05) is 32.7 Å². The quantitative estimate of drug-likeness (QED) is 0.760. The summed E-state index contributed by atoms with van der Waals surface area (Å²) in [6.45, 7) is 9.81. The zero-order valence-electron chi connectivity index (χ0n) is 13.1. The first-order valence-corrected chi connectivity index (χ1v) is 8.19. The van der Waals surface area contributed by atoms with Crippen LogP contribution in [0.2, 0.25) is 0 Å². The van der Waals surface area contributed by atoms with Crippen molar-refractivity contribution >= 4 is 5.97 Å². The van der Waals surface area contributed by atoms with E-state index in [1.165, 1.54) is 45.4 Å². The molecule has 4 heteroatoms. The highest BCUT2D eigenvalue weighted by Gasteiger charge is 2.29. The molecule has 0 aliphatic carbocycles. The Hall–Kier alpha value is -0.610. The van der Waals surface area contributed by atoms with E-state index in [9.17, 15) is 4.79 Å². The normalized spacial score (nSPS) is 25.4. The predicted octanol–water partition coefficient (Wildman–Crippen LogP) is 2.44. The number of fused-ring (bicyclic) bond motifs is 1. The van der Waals surface area contributed by atoms with Crippen molar-refractivity contribution in [1.29, 1.82) is 0 Å². The average molecular weight is 282 g/mol. The Labute approximate surface area is 123 Å². The van der Waals surface area contributed by atoms with E-state index < -0.39 is 11.4 Å². The lowest BCUT2D eigenvalue weighted by atomic mass is 9.87. The number of hydrogen-bond donors (Lipinski definition) is 1. The van der Waals surface area contributed by atoms with Gasteiger partial charge in [-0.05, 0) is 72.1 Å². The van der Waals surface area contributed by atoms with E-state index in [2.05, 4.69) is 9.80 Å². The first-order valence-electron chi connectivity index (χ1n) is 8.19. The van der Waals surface area contributed by atoms with Gasteiger partial charge >= 0.3 is 5.97 Å². The lowest BCUT2D eigenvalue weighted by molar-refractivity contribution is -0.147. The molecule has 4 nitrogen and oxygen atoms in total. The van der Waals surface area contributed by atoms with Gasteiger partial charge in [0, 0.05) is 12.6 Å². The number of carbonyl (C=O) groups is 1. The predicted molar refractivity (Wildman–Crippen MR) is 80.9 cm³/mol. The number of carboxylic acid groups (broad SMARTS) is 1. The number of aliphatic carboxylic acids is 1. The Morgan fingerprint density at radius 2 is 1.95 bits per heavy atom. The Bertz CT molecular complexity index is 330. The van der Waals surface area contributed by atoms with Gasteiger partial charge in [-0.1, -0.05) is 6.42 Å². The molecule has 0 saturated carbocycles. The van der Waals surface area contributed by atoms with Gasteiger partial charge in [-0.15, -0.1) is 0 Å². The number of unbranched alkanes of at least 4 members (excludes halogenated alkanes) is 1. The molecule has 0 aromatic carbocycles. The SMILES string of the molecule is CC(C)(CCCCN1CCCN2CCCC2C1)C(=O)O. The minimum Gasteiger partial charge on any atom is -0.481 e. The second-order valence-corrected chi connectivity index (χ2v) is 7.13. The van der Waals surface area contributed by atoms with E-state index in [1.54, 1.807) is 0 Å². The maximum atomic E-state index is 11.1. The summed E-state index contributed by atoms with van der Waals surface area (Å²) < 4.78 is 0. The van der Waals surface area contributed by atoms with Gasteiger partial charge in [-0.2, -0.15) is 0 Å². The van der Waals surface area contributed by atoms with Crippen molar-refractivity contribution in [1.82, 2.24) is 9.80 Å². The molecule has 20 heavy (non-hydrogen) atoms. The monoisotopic (exact) mass is 282 g/mol. The number of rotatable bonds is 6. The molecule has 1 N–H and O–H groups in total. The second kappa shape index (κ2) is 6.90. The second-order valence-electron chi connectivity index (χ2n) is 7.13. The van der Waals surface area contributed by atoms with E-state index in [0.29, 0.717) is 0 Å². The lowest BCUT2D eigenvalue weighted by Crippen LogP contribution is -2.37. The number of hydrogen-bond acceptors (Lipinski definition) is 3. The zero-order valence-corrected chi connectivity index (χ0v) is 13.1. The highest BCUT2D eigenvalue weighted by molar-refractivity contribution is 5.73. The van der Waals surface area contributed by atoms with Gasteiger partial charge in [0.1, 0.15) is 0 Å². The standard InChI is InChI=1S/C16H30N2O2/c1-16(2,15(19)20)8-3-4-9-17-10-6-12-18-11-5-7-14(18)13-17/h14H,3-13H2,1-2H3,(H,19,20). The van der Waals surface area contributed by atoms with Crippen molar-refractivity contribution in [3.63, 3.8) is 0 Å². The van der Waals surface area contributed by atoms with E-state index in [4.69, 9.17) is 5.11 Å². The number of carboxylic acids is 1. The van der Waals surface area contributed by atoms with Gasteiger partial charge in [0.05, 0.1) is 5.41 Å². The summed E-state index contributed by atoms with van der Waals surface area (Å²) in [6.07, 6.45) is 6.95. The van der Waals surface area contributed by atoms with Crippen LogP contribution in [-0.2, 0) is 4.79 Å². The largest absolute Gasteiger partial charge is 0.481 e. The third-order valence-corrected chi connectivity index (χ3v) is 4.99. The molecule has 2 saturated heterocycles. The smallest absolute Gasteiger partial charge is 0.309 e. The number of nitrogens with zero attached hydrogens (tertiary/aromatic N) is 2. The molecule has 0 amide bonds. The van der Waals surface area contributed by atoms with Crippen LogP contribution in [0.25, 0.3) is 0 Å². The molecule has 2 fully saturated rings. The maximum absolute atomic E-state index is 11.1. The Morgan fingerprint density at radius 3 is 2.70 bits per heavy atom. The van der Waals surface area contributed by atoms with Gasteiger partial charge in [0.25, 0.3) is 0 Å². The molecule has 2 rings (SSSR count).